The first-order valence-electron chi connectivity index (χ1n) is 5.54. The Morgan fingerprint density at radius 2 is 2.22 bits per heavy atom. The SMILES string of the molecule is Cn1c(=O)n(CCCl)c(=O)c2c1nc1n2CCS1. The van der Waals surface area contributed by atoms with E-state index < -0.39 is 0 Å². The van der Waals surface area contributed by atoms with Gasteiger partial charge >= 0.3 is 5.69 Å². The molecule has 0 radical (unpaired) electrons. The smallest absolute Gasteiger partial charge is 0.312 e. The summed E-state index contributed by atoms with van der Waals surface area (Å²) in [5, 5.41) is 0.806. The monoisotopic (exact) mass is 286 g/mol. The van der Waals surface area contributed by atoms with Gasteiger partial charge in [0.1, 0.15) is 0 Å². The molecule has 18 heavy (non-hydrogen) atoms. The highest BCUT2D eigenvalue weighted by Crippen LogP contribution is 2.27. The fourth-order valence-electron chi connectivity index (χ4n) is 2.18. The van der Waals surface area contributed by atoms with Gasteiger partial charge in [-0.15, -0.1) is 11.6 Å². The standard InChI is InChI=1S/C10H11ClN4O2S/c1-13-7-6(14-4-5-18-9(14)12-7)8(16)15(3-2-11)10(13)17/h2-5H2,1H3. The van der Waals surface area contributed by atoms with Crippen molar-refractivity contribution in [3.63, 3.8) is 0 Å². The van der Waals surface area contributed by atoms with Gasteiger partial charge in [-0.2, -0.15) is 0 Å². The lowest BCUT2D eigenvalue weighted by Crippen LogP contribution is -2.40. The van der Waals surface area contributed by atoms with Gasteiger partial charge in [0.15, 0.2) is 16.3 Å². The number of hydrogen-bond donors (Lipinski definition) is 0. The summed E-state index contributed by atoms with van der Waals surface area (Å²) < 4.78 is 4.47. The second-order valence-corrected chi connectivity index (χ2v) is 5.49. The second-order valence-electron chi connectivity index (χ2n) is 4.05. The molecule has 0 N–H and O–H groups in total. The van der Waals surface area contributed by atoms with Crippen LogP contribution in [-0.2, 0) is 20.1 Å². The highest BCUT2D eigenvalue weighted by Gasteiger charge is 2.23. The Labute approximate surface area is 111 Å². The van der Waals surface area contributed by atoms with Crippen LogP contribution in [0.25, 0.3) is 11.2 Å². The molecule has 0 aromatic carbocycles. The van der Waals surface area contributed by atoms with E-state index in [1.165, 1.54) is 9.13 Å². The zero-order valence-electron chi connectivity index (χ0n) is 9.72. The van der Waals surface area contributed by atoms with Crippen molar-refractivity contribution in [1.29, 1.82) is 0 Å². The van der Waals surface area contributed by atoms with Crippen LogP contribution in [-0.4, -0.2) is 30.3 Å². The molecule has 1 aliphatic heterocycles. The quantitative estimate of drug-likeness (QED) is 0.742. The average molecular weight is 287 g/mol. The fourth-order valence-corrected chi connectivity index (χ4v) is 3.29. The molecule has 2 aromatic heterocycles. The molecule has 0 unspecified atom stereocenters. The van der Waals surface area contributed by atoms with Crippen LogP contribution in [0.3, 0.4) is 0 Å². The molecule has 0 amide bonds. The van der Waals surface area contributed by atoms with E-state index in [9.17, 15) is 9.59 Å². The molecule has 0 fully saturated rings. The minimum Gasteiger partial charge on any atom is -0.312 e. The summed E-state index contributed by atoms with van der Waals surface area (Å²) in [6.45, 7) is 0.974. The molecular weight excluding hydrogens is 276 g/mol. The van der Waals surface area contributed by atoms with Crippen LogP contribution in [0.1, 0.15) is 0 Å². The third-order valence-electron chi connectivity index (χ3n) is 3.05. The first kappa shape index (κ1) is 11.9. The van der Waals surface area contributed by atoms with E-state index in [-0.39, 0.29) is 23.7 Å². The van der Waals surface area contributed by atoms with Crippen molar-refractivity contribution in [3.8, 4) is 0 Å². The molecule has 6 nitrogen and oxygen atoms in total. The second kappa shape index (κ2) is 4.17. The van der Waals surface area contributed by atoms with E-state index in [2.05, 4.69) is 4.98 Å². The van der Waals surface area contributed by atoms with E-state index in [1.54, 1.807) is 18.8 Å². The maximum atomic E-state index is 12.3. The summed E-state index contributed by atoms with van der Waals surface area (Å²) in [7, 11) is 1.63. The minimum atomic E-state index is -0.366. The number of imidazole rings is 1. The van der Waals surface area contributed by atoms with Crippen molar-refractivity contribution in [3.05, 3.63) is 20.8 Å². The molecule has 0 aliphatic carbocycles. The minimum absolute atomic E-state index is 0.219. The number of aromatic nitrogens is 4. The first-order valence-corrected chi connectivity index (χ1v) is 7.06. The van der Waals surface area contributed by atoms with Crippen molar-refractivity contribution in [2.45, 2.75) is 18.2 Å². The van der Waals surface area contributed by atoms with Gasteiger partial charge in [0.05, 0.1) is 0 Å². The van der Waals surface area contributed by atoms with Gasteiger partial charge in [0.25, 0.3) is 5.56 Å². The van der Waals surface area contributed by atoms with E-state index >= 15 is 0 Å². The van der Waals surface area contributed by atoms with E-state index in [4.69, 9.17) is 11.6 Å². The van der Waals surface area contributed by atoms with Crippen molar-refractivity contribution >= 4 is 34.5 Å². The van der Waals surface area contributed by atoms with Crippen molar-refractivity contribution in [2.24, 2.45) is 7.05 Å². The van der Waals surface area contributed by atoms with Crippen LogP contribution in [0.5, 0.6) is 0 Å². The fraction of sp³-hybridized carbons (Fsp3) is 0.500. The highest BCUT2D eigenvalue weighted by atomic mass is 35.5. The van der Waals surface area contributed by atoms with Crippen LogP contribution in [0.2, 0.25) is 0 Å². The highest BCUT2D eigenvalue weighted by molar-refractivity contribution is 7.99. The lowest BCUT2D eigenvalue weighted by molar-refractivity contribution is 0.636. The van der Waals surface area contributed by atoms with Gasteiger partial charge in [-0.25, -0.2) is 9.78 Å². The molecule has 8 heteroatoms. The third-order valence-corrected chi connectivity index (χ3v) is 4.18. The predicted octanol–water partition coefficient (Wildman–Crippen LogP) is 0.241. The predicted molar refractivity (Wildman–Crippen MR) is 70.7 cm³/mol. The molecule has 0 saturated carbocycles. The van der Waals surface area contributed by atoms with E-state index in [0.717, 1.165) is 17.5 Å². The number of aryl methyl sites for hydroxylation is 2. The van der Waals surface area contributed by atoms with Crippen LogP contribution < -0.4 is 11.2 Å². The zero-order chi connectivity index (χ0) is 12.9. The Kier molecular flexibility index (Phi) is 2.74. The molecule has 1 aliphatic rings. The maximum Gasteiger partial charge on any atom is 0.332 e. The van der Waals surface area contributed by atoms with Crippen LogP contribution in [0.15, 0.2) is 14.7 Å². The number of alkyl halides is 1. The Morgan fingerprint density at radius 1 is 1.44 bits per heavy atom. The van der Waals surface area contributed by atoms with Crippen LogP contribution in [0, 0.1) is 0 Å². The molecule has 96 valence electrons. The number of hydrogen-bond acceptors (Lipinski definition) is 4. The zero-order valence-corrected chi connectivity index (χ0v) is 11.3. The Balaban J connectivity index is 2.46. The van der Waals surface area contributed by atoms with Gasteiger partial charge in [0.2, 0.25) is 0 Å². The topological polar surface area (TPSA) is 61.8 Å². The lowest BCUT2D eigenvalue weighted by atomic mass is 10.5. The van der Waals surface area contributed by atoms with Crippen molar-refractivity contribution in [1.82, 2.24) is 18.7 Å². The Bertz CT molecular complexity index is 745. The number of halogens is 1. The summed E-state index contributed by atoms with van der Waals surface area (Å²) in [4.78, 5) is 28.7. The number of rotatable bonds is 2. The third kappa shape index (κ3) is 1.47. The molecule has 0 atom stereocenters. The first-order chi connectivity index (χ1) is 8.65. The molecule has 2 aromatic rings. The lowest BCUT2D eigenvalue weighted by Gasteiger charge is -2.07. The van der Waals surface area contributed by atoms with Crippen molar-refractivity contribution in [2.75, 3.05) is 11.6 Å². The van der Waals surface area contributed by atoms with E-state index in [1.807, 2.05) is 4.57 Å². The molecule has 0 saturated heterocycles. The molecule has 0 spiro atoms. The van der Waals surface area contributed by atoms with Crippen LogP contribution in [0.4, 0.5) is 0 Å². The summed E-state index contributed by atoms with van der Waals surface area (Å²) in [5.41, 5.74) is 0.296. The Morgan fingerprint density at radius 3 is 2.94 bits per heavy atom. The number of thioether (sulfide) groups is 1. The largest absolute Gasteiger partial charge is 0.332 e. The maximum absolute atomic E-state index is 12.3. The summed E-state index contributed by atoms with van der Waals surface area (Å²) in [6.07, 6.45) is 0. The normalized spacial score (nSPS) is 14.3. The average Bonchev–Trinajstić information content (AvgIpc) is 2.91. The summed E-state index contributed by atoms with van der Waals surface area (Å²) in [6, 6.07) is 0. The van der Waals surface area contributed by atoms with Crippen molar-refractivity contribution < 1.29 is 0 Å². The molecule has 3 heterocycles. The summed E-state index contributed by atoms with van der Waals surface area (Å²) in [5.74, 6) is 1.15. The summed E-state index contributed by atoms with van der Waals surface area (Å²) >= 11 is 7.24. The van der Waals surface area contributed by atoms with Gasteiger partial charge in [0, 0.05) is 31.8 Å². The van der Waals surface area contributed by atoms with E-state index in [0.29, 0.717) is 11.2 Å². The molecular formula is C10H11ClN4O2S. The van der Waals surface area contributed by atoms with Gasteiger partial charge < -0.3 is 4.57 Å². The van der Waals surface area contributed by atoms with Gasteiger partial charge in [-0.05, 0) is 0 Å². The van der Waals surface area contributed by atoms with Gasteiger partial charge in [-0.3, -0.25) is 13.9 Å². The number of fused-ring (bicyclic) bond motifs is 3. The van der Waals surface area contributed by atoms with Crippen LogP contribution >= 0.6 is 23.4 Å². The Hall–Kier alpha value is -1.21. The number of nitrogens with zero attached hydrogens (tertiary/aromatic N) is 4. The molecule has 0 bridgehead atoms. The molecule has 3 rings (SSSR count). The van der Waals surface area contributed by atoms with Gasteiger partial charge in [-0.1, -0.05) is 11.8 Å².